The van der Waals surface area contributed by atoms with Crippen molar-refractivity contribution in [1.82, 2.24) is 15.1 Å². The van der Waals surface area contributed by atoms with Gasteiger partial charge in [0.2, 0.25) is 11.8 Å². The maximum atomic E-state index is 11.8. The topological polar surface area (TPSA) is 61.9 Å². The summed E-state index contributed by atoms with van der Waals surface area (Å²) in [6.07, 6.45) is 0.376. The Labute approximate surface area is 102 Å². The summed E-state index contributed by atoms with van der Waals surface area (Å²) in [5.41, 5.74) is 0. The SMILES string of the molecule is CNC(=O)C1CN(C(=O)CCOC)CCN1C. The van der Waals surface area contributed by atoms with Crippen molar-refractivity contribution in [3.8, 4) is 0 Å². The van der Waals surface area contributed by atoms with E-state index in [1.54, 1.807) is 19.1 Å². The first kappa shape index (κ1) is 13.9. The summed E-state index contributed by atoms with van der Waals surface area (Å²) in [7, 11) is 5.09. The molecule has 0 saturated carbocycles. The van der Waals surface area contributed by atoms with E-state index in [9.17, 15) is 9.59 Å². The predicted octanol–water partition coefficient (Wildman–Crippen LogP) is -1.09. The third-order valence-corrected chi connectivity index (χ3v) is 3.07. The highest BCUT2D eigenvalue weighted by molar-refractivity contribution is 5.83. The van der Waals surface area contributed by atoms with Crippen LogP contribution in [0.2, 0.25) is 0 Å². The van der Waals surface area contributed by atoms with Gasteiger partial charge in [0, 0.05) is 33.8 Å². The molecule has 6 heteroatoms. The third-order valence-electron chi connectivity index (χ3n) is 3.07. The molecule has 1 unspecified atom stereocenters. The lowest BCUT2D eigenvalue weighted by molar-refractivity contribution is -0.138. The molecule has 1 fully saturated rings. The monoisotopic (exact) mass is 243 g/mol. The van der Waals surface area contributed by atoms with E-state index in [1.807, 2.05) is 11.9 Å². The quantitative estimate of drug-likeness (QED) is 0.681. The molecule has 0 aromatic carbocycles. The summed E-state index contributed by atoms with van der Waals surface area (Å²) in [5.74, 6) is 0.00518. The molecule has 0 bridgehead atoms. The molecule has 0 aliphatic carbocycles. The molecule has 1 rings (SSSR count). The van der Waals surface area contributed by atoms with Gasteiger partial charge in [0.15, 0.2) is 0 Å². The first-order chi connectivity index (χ1) is 8.10. The number of rotatable bonds is 4. The van der Waals surface area contributed by atoms with Crippen molar-refractivity contribution in [2.24, 2.45) is 0 Å². The Morgan fingerprint density at radius 2 is 2.12 bits per heavy atom. The molecule has 0 spiro atoms. The molecule has 6 nitrogen and oxygen atoms in total. The molecule has 1 heterocycles. The van der Waals surface area contributed by atoms with Gasteiger partial charge in [-0.05, 0) is 7.05 Å². The highest BCUT2D eigenvalue weighted by atomic mass is 16.5. The first-order valence-electron chi connectivity index (χ1n) is 5.78. The third kappa shape index (κ3) is 3.67. The number of hydrogen-bond acceptors (Lipinski definition) is 4. The average molecular weight is 243 g/mol. The summed E-state index contributed by atoms with van der Waals surface area (Å²) >= 11 is 0. The van der Waals surface area contributed by atoms with E-state index < -0.39 is 0 Å². The highest BCUT2D eigenvalue weighted by Gasteiger charge is 2.31. The van der Waals surface area contributed by atoms with E-state index in [1.165, 1.54) is 0 Å². The molecule has 1 aliphatic heterocycles. The molecule has 1 atom stereocenters. The van der Waals surface area contributed by atoms with Crippen LogP contribution in [-0.2, 0) is 14.3 Å². The van der Waals surface area contributed by atoms with Crippen molar-refractivity contribution in [3.05, 3.63) is 0 Å². The van der Waals surface area contributed by atoms with E-state index in [-0.39, 0.29) is 17.9 Å². The van der Waals surface area contributed by atoms with E-state index in [0.717, 1.165) is 6.54 Å². The lowest BCUT2D eigenvalue weighted by Gasteiger charge is -2.38. The molecular formula is C11H21N3O3. The second-order valence-electron chi connectivity index (χ2n) is 4.19. The number of nitrogens with zero attached hydrogens (tertiary/aromatic N) is 2. The fourth-order valence-electron chi connectivity index (χ4n) is 1.90. The molecule has 0 radical (unpaired) electrons. The molecule has 2 amide bonds. The summed E-state index contributed by atoms with van der Waals surface area (Å²) < 4.78 is 4.88. The molecule has 0 aromatic rings. The molecular weight excluding hydrogens is 222 g/mol. The largest absolute Gasteiger partial charge is 0.384 e. The van der Waals surface area contributed by atoms with Gasteiger partial charge in [-0.15, -0.1) is 0 Å². The predicted molar refractivity (Wildman–Crippen MR) is 63.6 cm³/mol. The smallest absolute Gasteiger partial charge is 0.238 e. The minimum Gasteiger partial charge on any atom is -0.384 e. The van der Waals surface area contributed by atoms with E-state index >= 15 is 0 Å². The van der Waals surface area contributed by atoms with Crippen LogP contribution in [0.15, 0.2) is 0 Å². The van der Waals surface area contributed by atoms with Gasteiger partial charge in [-0.25, -0.2) is 0 Å². The van der Waals surface area contributed by atoms with Crippen LogP contribution in [0, 0.1) is 0 Å². The molecule has 1 saturated heterocycles. The lowest BCUT2D eigenvalue weighted by atomic mass is 10.1. The highest BCUT2D eigenvalue weighted by Crippen LogP contribution is 2.09. The van der Waals surface area contributed by atoms with Crippen LogP contribution in [0.4, 0.5) is 0 Å². The maximum Gasteiger partial charge on any atom is 0.238 e. The van der Waals surface area contributed by atoms with Crippen LogP contribution in [0.5, 0.6) is 0 Å². The number of amides is 2. The molecule has 0 aromatic heterocycles. The Kier molecular flexibility index (Phi) is 5.37. The average Bonchev–Trinajstić information content (AvgIpc) is 2.35. The Bertz CT molecular complexity index is 283. The van der Waals surface area contributed by atoms with Crippen LogP contribution >= 0.6 is 0 Å². The Morgan fingerprint density at radius 3 is 2.71 bits per heavy atom. The number of carbonyl (C=O) groups is 2. The minimum absolute atomic E-state index is 0.0447. The Morgan fingerprint density at radius 1 is 1.41 bits per heavy atom. The maximum absolute atomic E-state index is 11.8. The van der Waals surface area contributed by atoms with Crippen LogP contribution in [0.1, 0.15) is 6.42 Å². The van der Waals surface area contributed by atoms with Crippen LogP contribution < -0.4 is 5.32 Å². The van der Waals surface area contributed by atoms with Crippen molar-refractivity contribution in [1.29, 1.82) is 0 Å². The number of hydrogen-bond donors (Lipinski definition) is 1. The second-order valence-corrected chi connectivity index (χ2v) is 4.19. The van der Waals surface area contributed by atoms with Crippen molar-refractivity contribution in [2.45, 2.75) is 12.5 Å². The first-order valence-corrected chi connectivity index (χ1v) is 5.78. The zero-order valence-electron chi connectivity index (χ0n) is 10.7. The Balaban J connectivity index is 2.54. The second kappa shape index (κ2) is 6.56. The van der Waals surface area contributed by atoms with Gasteiger partial charge >= 0.3 is 0 Å². The van der Waals surface area contributed by atoms with Crippen molar-refractivity contribution < 1.29 is 14.3 Å². The van der Waals surface area contributed by atoms with E-state index in [4.69, 9.17) is 4.74 Å². The number of nitrogens with one attached hydrogen (secondary N) is 1. The zero-order valence-corrected chi connectivity index (χ0v) is 10.7. The summed E-state index contributed by atoms with van der Waals surface area (Å²) in [4.78, 5) is 27.2. The molecule has 1 aliphatic rings. The van der Waals surface area contributed by atoms with Gasteiger partial charge in [0.05, 0.1) is 13.0 Å². The fraction of sp³-hybridized carbons (Fsp3) is 0.818. The number of likely N-dealkylation sites (N-methyl/N-ethyl adjacent to an activating group) is 2. The van der Waals surface area contributed by atoms with Crippen LogP contribution in [0.25, 0.3) is 0 Å². The van der Waals surface area contributed by atoms with Gasteiger partial charge < -0.3 is 15.0 Å². The summed E-state index contributed by atoms with van der Waals surface area (Å²) in [6, 6.07) is -0.250. The van der Waals surface area contributed by atoms with Crippen molar-refractivity contribution in [2.75, 3.05) is 47.4 Å². The molecule has 17 heavy (non-hydrogen) atoms. The number of piperazine rings is 1. The van der Waals surface area contributed by atoms with E-state index in [0.29, 0.717) is 26.1 Å². The fourth-order valence-corrected chi connectivity index (χ4v) is 1.90. The van der Waals surface area contributed by atoms with Gasteiger partial charge in [-0.1, -0.05) is 0 Å². The van der Waals surface area contributed by atoms with Gasteiger partial charge in [-0.3, -0.25) is 14.5 Å². The standard InChI is InChI=1S/C11H21N3O3/c1-12-11(16)9-8-14(6-5-13(9)2)10(15)4-7-17-3/h9H,4-8H2,1-3H3,(H,12,16). The zero-order chi connectivity index (χ0) is 12.8. The minimum atomic E-state index is -0.250. The molecule has 98 valence electrons. The number of ether oxygens (including phenoxy) is 1. The summed E-state index contributed by atoms with van der Waals surface area (Å²) in [6.45, 7) is 2.28. The van der Waals surface area contributed by atoms with Crippen molar-refractivity contribution >= 4 is 11.8 Å². The summed E-state index contributed by atoms with van der Waals surface area (Å²) in [5, 5.41) is 2.62. The van der Waals surface area contributed by atoms with Gasteiger partial charge in [-0.2, -0.15) is 0 Å². The number of methoxy groups -OCH3 is 1. The van der Waals surface area contributed by atoms with Gasteiger partial charge in [0.1, 0.15) is 6.04 Å². The van der Waals surface area contributed by atoms with E-state index in [2.05, 4.69) is 5.32 Å². The van der Waals surface area contributed by atoms with Crippen LogP contribution in [-0.4, -0.2) is 75.1 Å². The Hall–Kier alpha value is -1.14. The molecule has 1 N–H and O–H groups in total. The lowest BCUT2D eigenvalue weighted by Crippen LogP contribution is -2.58. The van der Waals surface area contributed by atoms with Gasteiger partial charge in [0.25, 0.3) is 0 Å². The number of carbonyl (C=O) groups excluding carboxylic acids is 2. The van der Waals surface area contributed by atoms with Crippen LogP contribution in [0.3, 0.4) is 0 Å². The van der Waals surface area contributed by atoms with Crippen molar-refractivity contribution in [3.63, 3.8) is 0 Å². The normalized spacial score (nSPS) is 21.4.